The summed E-state index contributed by atoms with van der Waals surface area (Å²) >= 11 is 0. The molecule has 0 radical (unpaired) electrons. The van der Waals surface area contributed by atoms with Crippen LogP contribution in [0.15, 0.2) is 77.6 Å². The van der Waals surface area contributed by atoms with Gasteiger partial charge in [-0.2, -0.15) is 0 Å². The van der Waals surface area contributed by atoms with Crippen LogP contribution in [0, 0.1) is 0 Å². The maximum absolute atomic E-state index is 12.8. The summed E-state index contributed by atoms with van der Waals surface area (Å²) in [6.07, 6.45) is 0. The lowest BCUT2D eigenvalue weighted by Crippen LogP contribution is -2.25. The van der Waals surface area contributed by atoms with Crippen LogP contribution in [-0.2, 0) is 7.05 Å². The van der Waals surface area contributed by atoms with E-state index in [0.29, 0.717) is 16.9 Å². The van der Waals surface area contributed by atoms with E-state index < -0.39 is 0 Å². The van der Waals surface area contributed by atoms with Gasteiger partial charge in [0.05, 0.1) is 28.5 Å². The van der Waals surface area contributed by atoms with Crippen LogP contribution in [0.3, 0.4) is 0 Å². The molecule has 6 nitrogen and oxygen atoms in total. The highest BCUT2D eigenvalue weighted by Gasteiger charge is 2.17. The predicted octanol–water partition coefficient (Wildman–Crippen LogP) is 3.78. The molecule has 1 heterocycles. The first kappa shape index (κ1) is 18.6. The summed E-state index contributed by atoms with van der Waals surface area (Å²) in [4.78, 5) is 25.3. The smallest absolute Gasteiger partial charge is 0.329 e. The number of hydrogen-bond acceptors (Lipinski definition) is 3. The minimum atomic E-state index is -0.232. The second-order valence-corrected chi connectivity index (χ2v) is 7.04. The van der Waals surface area contributed by atoms with Crippen molar-refractivity contribution in [2.24, 2.45) is 7.05 Å². The van der Waals surface area contributed by atoms with Gasteiger partial charge in [0.15, 0.2) is 0 Å². The Morgan fingerprint density at radius 1 is 0.931 bits per heavy atom. The summed E-state index contributed by atoms with van der Waals surface area (Å²) < 4.78 is 3.42. The van der Waals surface area contributed by atoms with Crippen LogP contribution in [0.2, 0.25) is 0 Å². The van der Waals surface area contributed by atoms with Gasteiger partial charge in [-0.3, -0.25) is 13.9 Å². The van der Waals surface area contributed by atoms with Gasteiger partial charge in [0.2, 0.25) is 0 Å². The van der Waals surface area contributed by atoms with Gasteiger partial charge in [0.25, 0.3) is 5.91 Å². The van der Waals surface area contributed by atoms with Crippen LogP contribution in [0.4, 0.5) is 11.4 Å². The Kier molecular flexibility index (Phi) is 4.68. The molecule has 0 bridgehead atoms. The van der Waals surface area contributed by atoms with E-state index in [2.05, 4.69) is 5.32 Å². The van der Waals surface area contributed by atoms with E-state index in [9.17, 15) is 9.59 Å². The number of hydrogen-bond donors (Lipinski definition) is 2. The molecule has 0 saturated carbocycles. The Balaban J connectivity index is 1.62. The number of fused-ring (bicyclic) bond motifs is 1. The molecule has 1 amide bonds. The number of nitrogens with zero attached hydrogens (tertiary/aromatic N) is 2. The van der Waals surface area contributed by atoms with Crippen LogP contribution in [0.5, 0.6) is 0 Å². The molecule has 0 aliphatic carbocycles. The number of nitrogen functional groups attached to an aromatic ring is 1. The van der Waals surface area contributed by atoms with Crippen molar-refractivity contribution in [3.05, 3.63) is 94.4 Å². The molecule has 0 fully saturated rings. The fourth-order valence-corrected chi connectivity index (χ4v) is 3.56. The number of aromatic nitrogens is 2. The maximum Gasteiger partial charge on any atom is 0.329 e. The highest BCUT2D eigenvalue weighted by molar-refractivity contribution is 6.05. The average molecular weight is 386 g/mol. The molecule has 146 valence electrons. The van der Waals surface area contributed by atoms with Crippen LogP contribution in [0.1, 0.15) is 28.9 Å². The number of amides is 1. The standard InChI is InChI=1S/C23H22N4O2/c1-15(27-21-10-6-5-9-20(21)26(2)23(27)29)16-11-13-17(14-12-16)22(28)25-19-8-4-3-7-18(19)24/h3-15H,24H2,1-2H3,(H,25,28). The fourth-order valence-electron chi connectivity index (χ4n) is 3.56. The molecule has 1 aromatic heterocycles. The molecule has 3 N–H and O–H groups in total. The Bertz CT molecular complexity index is 1250. The molecule has 1 unspecified atom stereocenters. The Morgan fingerprint density at radius 2 is 1.55 bits per heavy atom. The number of aryl methyl sites for hydroxylation is 1. The lowest BCUT2D eigenvalue weighted by Gasteiger charge is -2.15. The fraction of sp³-hybridized carbons (Fsp3) is 0.130. The van der Waals surface area contributed by atoms with Gasteiger partial charge in [-0.25, -0.2) is 4.79 Å². The first-order valence-corrected chi connectivity index (χ1v) is 9.39. The minimum Gasteiger partial charge on any atom is -0.397 e. The summed E-state index contributed by atoms with van der Waals surface area (Å²) in [5.74, 6) is -0.232. The van der Waals surface area contributed by atoms with Gasteiger partial charge in [-0.15, -0.1) is 0 Å². The Hall–Kier alpha value is -3.80. The van der Waals surface area contributed by atoms with Crippen LogP contribution < -0.4 is 16.7 Å². The highest BCUT2D eigenvalue weighted by Crippen LogP contribution is 2.23. The van der Waals surface area contributed by atoms with E-state index in [1.54, 1.807) is 40.4 Å². The van der Waals surface area contributed by atoms with E-state index in [-0.39, 0.29) is 17.6 Å². The first-order chi connectivity index (χ1) is 14.0. The molecule has 0 saturated heterocycles. The van der Waals surface area contributed by atoms with E-state index in [1.807, 2.05) is 55.5 Å². The van der Waals surface area contributed by atoms with E-state index in [0.717, 1.165) is 16.6 Å². The topological polar surface area (TPSA) is 82.1 Å². The Morgan fingerprint density at radius 3 is 2.24 bits per heavy atom. The molecule has 3 aromatic carbocycles. The van der Waals surface area contributed by atoms with Gasteiger partial charge >= 0.3 is 5.69 Å². The largest absolute Gasteiger partial charge is 0.397 e. The number of nitrogens with two attached hydrogens (primary N) is 1. The predicted molar refractivity (Wildman–Crippen MR) is 116 cm³/mol. The summed E-state index contributed by atoms with van der Waals surface area (Å²) in [5.41, 5.74) is 10.2. The molecule has 6 heteroatoms. The zero-order valence-electron chi connectivity index (χ0n) is 16.3. The molecule has 4 rings (SSSR count). The molecule has 0 aliphatic rings. The average Bonchev–Trinajstić information content (AvgIpc) is 3.00. The Labute approximate surface area is 168 Å². The van der Waals surface area contributed by atoms with E-state index in [4.69, 9.17) is 5.73 Å². The quantitative estimate of drug-likeness (QED) is 0.524. The van der Waals surface area contributed by atoms with Crippen LogP contribution in [0.25, 0.3) is 11.0 Å². The number of benzene rings is 3. The van der Waals surface area contributed by atoms with Gasteiger partial charge in [-0.05, 0) is 48.9 Å². The van der Waals surface area contributed by atoms with Crippen molar-refractivity contribution < 1.29 is 4.79 Å². The van der Waals surface area contributed by atoms with Crippen molar-refractivity contribution in [3.8, 4) is 0 Å². The maximum atomic E-state index is 12.8. The van der Waals surface area contributed by atoms with Crippen molar-refractivity contribution in [2.75, 3.05) is 11.1 Å². The molecule has 0 spiro atoms. The number of carbonyl (C=O) groups is 1. The number of nitrogens with one attached hydrogen (secondary N) is 1. The third-order valence-corrected chi connectivity index (χ3v) is 5.25. The summed E-state index contributed by atoms with van der Waals surface area (Å²) in [6, 6.07) is 22.0. The molecule has 29 heavy (non-hydrogen) atoms. The van der Waals surface area contributed by atoms with E-state index >= 15 is 0 Å². The van der Waals surface area contributed by atoms with Gasteiger partial charge in [-0.1, -0.05) is 36.4 Å². The monoisotopic (exact) mass is 386 g/mol. The molecule has 1 atom stereocenters. The lowest BCUT2D eigenvalue weighted by molar-refractivity contribution is 0.102. The number of para-hydroxylation sites is 4. The number of rotatable bonds is 4. The number of carbonyl (C=O) groups excluding carboxylic acids is 1. The normalized spacial score (nSPS) is 12.1. The SMILES string of the molecule is CC(c1ccc(C(=O)Nc2ccccc2N)cc1)n1c(=O)n(C)c2ccccc21. The van der Waals surface area contributed by atoms with E-state index in [1.165, 1.54) is 0 Å². The van der Waals surface area contributed by atoms with Crippen LogP contribution >= 0.6 is 0 Å². The first-order valence-electron chi connectivity index (χ1n) is 9.39. The van der Waals surface area contributed by atoms with Crippen molar-refractivity contribution >= 4 is 28.3 Å². The zero-order chi connectivity index (χ0) is 20.5. The van der Waals surface area contributed by atoms with Gasteiger partial charge < -0.3 is 11.1 Å². The number of anilines is 2. The second-order valence-electron chi connectivity index (χ2n) is 7.04. The molecular weight excluding hydrogens is 364 g/mol. The second kappa shape index (κ2) is 7.31. The van der Waals surface area contributed by atoms with Crippen molar-refractivity contribution in [1.29, 1.82) is 0 Å². The van der Waals surface area contributed by atoms with Gasteiger partial charge in [0.1, 0.15) is 0 Å². The zero-order valence-corrected chi connectivity index (χ0v) is 16.3. The van der Waals surface area contributed by atoms with Crippen molar-refractivity contribution in [2.45, 2.75) is 13.0 Å². The molecule has 0 aliphatic heterocycles. The van der Waals surface area contributed by atoms with Crippen molar-refractivity contribution in [3.63, 3.8) is 0 Å². The summed E-state index contributed by atoms with van der Waals surface area (Å²) in [7, 11) is 1.77. The molecular formula is C23H22N4O2. The third kappa shape index (κ3) is 3.29. The minimum absolute atomic E-state index is 0.0694. The van der Waals surface area contributed by atoms with Crippen molar-refractivity contribution in [1.82, 2.24) is 9.13 Å². The lowest BCUT2D eigenvalue weighted by atomic mass is 10.1. The highest BCUT2D eigenvalue weighted by atomic mass is 16.2. The third-order valence-electron chi connectivity index (χ3n) is 5.25. The van der Waals surface area contributed by atoms with Crippen LogP contribution in [-0.4, -0.2) is 15.0 Å². The summed E-state index contributed by atoms with van der Waals surface area (Å²) in [5, 5.41) is 2.82. The van der Waals surface area contributed by atoms with Gasteiger partial charge in [0, 0.05) is 12.6 Å². The number of imidazole rings is 1. The summed E-state index contributed by atoms with van der Waals surface area (Å²) in [6.45, 7) is 1.98. The molecule has 4 aromatic rings.